The number of thiophene rings is 1. The molecule has 0 spiro atoms. The van der Waals surface area contributed by atoms with E-state index < -0.39 is 10.0 Å². The number of aliphatic imine (C=N–C) groups is 1. The van der Waals surface area contributed by atoms with E-state index in [0.717, 1.165) is 5.56 Å². The molecule has 1 aromatic carbocycles. The lowest BCUT2D eigenvalue weighted by Gasteiger charge is -2.13. The molecule has 0 amide bonds. The fraction of sp³-hybridized carbons (Fsp3) is 0.389. The van der Waals surface area contributed by atoms with Crippen molar-refractivity contribution in [2.75, 3.05) is 27.3 Å². The Balaban J connectivity index is 1.93. The molecule has 3 N–H and O–H groups in total. The minimum absolute atomic E-state index is 0.232. The molecule has 2 aromatic rings. The van der Waals surface area contributed by atoms with Crippen molar-refractivity contribution in [2.45, 2.75) is 24.9 Å². The third-order valence-electron chi connectivity index (χ3n) is 3.88. The van der Waals surface area contributed by atoms with Crippen molar-refractivity contribution in [3.63, 3.8) is 0 Å². The van der Waals surface area contributed by atoms with E-state index in [0.29, 0.717) is 25.7 Å². The number of rotatable bonds is 9. The molecule has 0 saturated heterocycles. The Labute approximate surface area is 164 Å². The first-order chi connectivity index (χ1) is 13.0. The van der Waals surface area contributed by atoms with E-state index in [1.165, 1.54) is 17.6 Å². The minimum Gasteiger partial charge on any atom is -0.383 e. The zero-order valence-corrected chi connectivity index (χ0v) is 17.4. The third kappa shape index (κ3) is 6.62. The summed E-state index contributed by atoms with van der Waals surface area (Å²) in [6, 6.07) is 8.92. The average Bonchev–Trinajstić information content (AvgIpc) is 3.07. The number of sulfonamides is 1. The van der Waals surface area contributed by atoms with Gasteiger partial charge in [-0.25, -0.2) is 13.1 Å². The maximum atomic E-state index is 12.3. The highest BCUT2D eigenvalue weighted by atomic mass is 32.2. The van der Waals surface area contributed by atoms with Crippen LogP contribution in [-0.2, 0) is 27.8 Å². The molecule has 1 aromatic heterocycles. The summed E-state index contributed by atoms with van der Waals surface area (Å²) in [5, 5.41) is 8.54. The number of nitrogens with one attached hydrogen (secondary N) is 3. The van der Waals surface area contributed by atoms with Crippen LogP contribution in [0.1, 0.15) is 16.0 Å². The van der Waals surface area contributed by atoms with Crippen molar-refractivity contribution in [1.82, 2.24) is 15.4 Å². The Hall–Kier alpha value is -1.94. The molecule has 27 heavy (non-hydrogen) atoms. The van der Waals surface area contributed by atoms with E-state index in [1.807, 2.05) is 6.07 Å². The zero-order valence-electron chi connectivity index (χ0n) is 15.8. The Bertz CT molecular complexity index is 863. The highest BCUT2D eigenvalue weighted by Crippen LogP contribution is 2.15. The summed E-state index contributed by atoms with van der Waals surface area (Å²) in [4.78, 5) is 5.70. The largest absolute Gasteiger partial charge is 0.383 e. The number of aryl methyl sites for hydroxylation is 1. The SMILES string of the molecule is CN=C(NCc1cccc(S(=O)(=O)NCCOC)c1)NCc1sccc1C. The standard InChI is InChI=1S/C18H26N4O3S2/c1-14-7-10-26-17(14)13-21-18(19-2)20-12-15-5-4-6-16(11-15)27(23,24)22-8-9-25-3/h4-7,10-11,22H,8-9,12-13H2,1-3H3,(H2,19,20,21). The lowest BCUT2D eigenvalue weighted by Crippen LogP contribution is -2.36. The molecule has 9 heteroatoms. The lowest BCUT2D eigenvalue weighted by atomic mass is 10.2. The summed E-state index contributed by atoms with van der Waals surface area (Å²) in [5.41, 5.74) is 2.10. The molecule has 0 bridgehead atoms. The van der Waals surface area contributed by atoms with Crippen molar-refractivity contribution in [3.05, 3.63) is 51.7 Å². The maximum absolute atomic E-state index is 12.3. The molecule has 7 nitrogen and oxygen atoms in total. The number of nitrogens with zero attached hydrogens (tertiary/aromatic N) is 1. The van der Waals surface area contributed by atoms with Gasteiger partial charge in [-0.05, 0) is 41.6 Å². The first kappa shape index (κ1) is 21.4. The van der Waals surface area contributed by atoms with Crippen LogP contribution < -0.4 is 15.4 Å². The van der Waals surface area contributed by atoms with Crippen LogP contribution in [0.15, 0.2) is 45.6 Å². The predicted octanol–water partition coefficient (Wildman–Crippen LogP) is 1.85. The molecule has 1 heterocycles. The van der Waals surface area contributed by atoms with Gasteiger partial charge in [0.15, 0.2) is 5.96 Å². The number of methoxy groups -OCH3 is 1. The predicted molar refractivity (Wildman–Crippen MR) is 110 cm³/mol. The van der Waals surface area contributed by atoms with E-state index in [1.54, 1.807) is 36.6 Å². The van der Waals surface area contributed by atoms with Crippen LogP contribution in [-0.4, -0.2) is 41.7 Å². The number of hydrogen-bond donors (Lipinski definition) is 3. The lowest BCUT2D eigenvalue weighted by molar-refractivity contribution is 0.204. The second-order valence-corrected chi connectivity index (χ2v) is 8.61. The van der Waals surface area contributed by atoms with Gasteiger partial charge in [0, 0.05) is 32.1 Å². The molecule has 0 unspecified atom stereocenters. The molecular weight excluding hydrogens is 384 g/mol. The minimum atomic E-state index is -3.55. The Morgan fingerprint density at radius 3 is 2.67 bits per heavy atom. The van der Waals surface area contributed by atoms with E-state index in [9.17, 15) is 8.42 Å². The number of hydrogen-bond acceptors (Lipinski definition) is 5. The number of ether oxygens (including phenoxy) is 1. The van der Waals surface area contributed by atoms with Crippen molar-refractivity contribution >= 4 is 27.3 Å². The molecule has 0 aliphatic heterocycles. The van der Waals surface area contributed by atoms with Gasteiger partial charge < -0.3 is 15.4 Å². The smallest absolute Gasteiger partial charge is 0.240 e. The molecule has 2 rings (SSSR count). The second kappa shape index (κ2) is 10.4. The first-order valence-electron chi connectivity index (χ1n) is 8.51. The van der Waals surface area contributed by atoms with Crippen molar-refractivity contribution in [1.29, 1.82) is 0 Å². The summed E-state index contributed by atoms with van der Waals surface area (Å²) in [6.45, 7) is 3.80. The molecule has 0 atom stereocenters. The van der Waals surface area contributed by atoms with Gasteiger partial charge in [-0.1, -0.05) is 12.1 Å². The van der Waals surface area contributed by atoms with Gasteiger partial charge in [0.05, 0.1) is 18.0 Å². The van der Waals surface area contributed by atoms with Crippen LogP contribution in [0.25, 0.3) is 0 Å². The molecule has 0 aliphatic rings. The Morgan fingerprint density at radius 2 is 2.00 bits per heavy atom. The van der Waals surface area contributed by atoms with E-state index in [-0.39, 0.29) is 11.4 Å². The number of benzene rings is 1. The fourth-order valence-electron chi connectivity index (χ4n) is 2.34. The average molecular weight is 411 g/mol. The zero-order chi connectivity index (χ0) is 19.7. The summed E-state index contributed by atoms with van der Waals surface area (Å²) in [5.74, 6) is 0.661. The summed E-state index contributed by atoms with van der Waals surface area (Å²) in [7, 11) is -0.311. The quantitative estimate of drug-likeness (QED) is 0.333. The first-order valence-corrected chi connectivity index (χ1v) is 10.9. The summed E-state index contributed by atoms with van der Waals surface area (Å²) in [6.07, 6.45) is 0. The van der Waals surface area contributed by atoms with Crippen molar-refractivity contribution in [3.8, 4) is 0 Å². The molecule has 0 fully saturated rings. The normalized spacial score (nSPS) is 12.2. The topological polar surface area (TPSA) is 91.8 Å². The molecule has 148 valence electrons. The second-order valence-electron chi connectivity index (χ2n) is 5.84. The van der Waals surface area contributed by atoms with E-state index >= 15 is 0 Å². The van der Waals surface area contributed by atoms with Gasteiger partial charge in [-0.3, -0.25) is 4.99 Å². The molecular formula is C18H26N4O3S2. The van der Waals surface area contributed by atoms with Crippen molar-refractivity contribution in [2.24, 2.45) is 4.99 Å². The monoisotopic (exact) mass is 410 g/mol. The van der Waals surface area contributed by atoms with Crippen LogP contribution >= 0.6 is 11.3 Å². The highest BCUT2D eigenvalue weighted by molar-refractivity contribution is 7.89. The molecule has 0 aliphatic carbocycles. The van der Waals surface area contributed by atoms with E-state index in [2.05, 4.69) is 38.7 Å². The molecule has 0 saturated carbocycles. The van der Waals surface area contributed by atoms with Crippen LogP contribution in [0.2, 0.25) is 0 Å². The van der Waals surface area contributed by atoms with Crippen LogP contribution in [0.5, 0.6) is 0 Å². The van der Waals surface area contributed by atoms with Crippen LogP contribution in [0.4, 0.5) is 0 Å². The number of guanidine groups is 1. The van der Waals surface area contributed by atoms with Gasteiger partial charge >= 0.3 is 0 Å². The van der Waals surface area contributed by atoms with Crippen molar-refractivity contribution < 1.29 is 13.2 Å². The summed E-state index contributed by atoms with van der Waals surface area (Å²) < 4.78 is 32.0. The van der Waals surface area contributed by atoms with Gasteiger partial charge in [0.1, 0.15) is 0 Å². The van der Waals surface area contributed by atoms with Gasteiger partial charge in [-0.2, -0.15) is 0 Å². The van der Waals surface area contributed by atoms with E-state index in [4.69, 9.17) is 4.74 Å². The Morgan fingerprint density at radius 1 is 1.22 bits per heavy atom. The van der Waals surface area contributed by atoms with Gasteiger partial charge in [0.2, 0.25) is 10.0 Å². The van der Waals surface area contributed by atoms with Crippen LogP contribution in [0, 0.1) is 6.92 Å². The fourth-order valence-corrected chi connectivity index (χ4v) is 4.27. The van der Waals surface area contributed by atoms with Gasteiger partial charge in [0.25, 0.3) is 0 Å². The van der Waals surface area contributed by atoms with Gasteiger partial charge in [-0.15, -0.1) is 11.3 Å². The molecule has 0 radical (unpaired) electrons. The Kier molecular flexibility index (Phi) is 8.23. The van der Waals surface area contributed by atoms with Crippen LogP contribution in [0.3, 0.4) is 0 Å². The highest BCUT2D eigenvalue weighted by Gasteiger charge is 2.13. The summed E-state index contributed by atoms with van der Waals surface area (Å²) >= 11 is 1.70. The maximum Gasteiger partial charge on any atom is 0.240 e. The third-order valence-corrected chi connectivity index (χ3v) is 6.36.